The van der Waals surface area contributed by atoms with Gasteiger partial charge in [0.1, 0.15) is 5.56 Å². The number of carboxylic acid groups (broad SMARTS) is 1. The highest BCUT2D eigenvalue weighted by Crippen LogP contribution is 2.50. The van der Waals surface area contributed by atoms with Gasteiger partial charge in [-0.15, -0.1) is 0 Å². The summed E-state index contributed by atoms with van der Waals surface area (Å²) in [6, 6.07) is 16.3. The van der Waals surface area contributed by atoms with Crippen LogP contribution in [0.25, 0.3) is 10.8 Å². The molecule has 1 aliphatic rings. The van der Waals surface area contributed by atoms with E-state index in [1.165, 1.54) is 0 Å². The number of fused-ring (bicyclic) bond motifs is 4. The molecule has 0 saturated carbocycles. The topological polar surface area (TPSA) is 55.8 Å². The van der Waals surface area contributed by atoms with E-state index in [9.17, 15) is 9.90 Å². The summed E-state index contributed by atoms with van der Waals surface area (Å²) in [5, 5.41) is 11.0. The lowest BCUT2D eigenvalue weighted by Gasteiger charge is -2.23. The normalized spacial score (nSPS) is 12.0. The van der Waals surface area contributed by atoms with Crippen LogP contribution in [0.1, 0.15) is 10.4 Å². The summed E-state index contributed by atoms with van der Waals surface area (Å²) in [6.45, 7) is 0. The number of hydrogen-bond donors (Lipinski definition) is 1. The highest BCUT2D eigenvalue weighted by Gasteiger charge is 2.26. The van der Waals surface area contributed by atoms with E-state index in [1.807, 2.05) is 36.4 Å². The van der Waals surface area contributed by atoms with Crippen LogP contribution in [0.3, 0.4) is 0 Å². The third-order valence-electron chi connectivity index (χ3n) is 3.46. The molecule has 3 aromatic rings. The van der Waals surface area contributed by atoms with Gasteiger partial charge in [-0.1, -0.05) is 36.4 Å². The van der Waals surface area contributed by atoms with Gasteiger partial charge in [0.2, 0.25) is 0 Å². The Morgan fingerprint density at radius 3 is 2.19 bits per heavy atom. The van der Waals surface area contributed by atoms with Gasteiger partial charge in [-0.25, -0.2) is 4.79 Å². The van der Waals surface area contributed by atoms with Gasteiger partial charge in [-0.2, -0.15) is 0 Å². The average Bonchev–Trinajstić information content (AvgIpc) is 2.52. The first-order valence-corrected chi connectivity index (χ1v) is 6.48. The Kier molecular flexibility index (Phi) is 2.38. The first-order valence-electron chi connectivity index (χ1n) is 6.48. The van der Waals surface area contributed by atoms with Crippen LogP contribution in [0.4, 0.5) is 0 Å². The van der Waals surface area contributed by atoms with Gasteiger partial charge in [0.15, 0.2) is 23.0 Å². The number of rotatable bonds is 1. The Morgan fingerprint density at radius 2 is 1.48 bits per heavy atom. The van der Waals surface area contributed by atoms with E-state index in [4.69, 9.17) is 9.47 Å². The molecule has 0 amide bonds. The van der Waals surface area contributed by atoms with Crippen LogP contribution in [0.15, 0.2) is 54.6 Å². The monoisotopic (exact) mass is 278 g/mol. The summed E-state index contributed by atoms with van der Waals surface area (Å²) in [7, 11) is 0. The summed E-state index contributed by atoms with van der Waals surface area (Å²) >= 11 is 0. The van der Waals surface area contributed by atoms with Crippen LogP contribution in [0.5, 0.6) is 23.0 Å². The molecule has 0 radical (unpaired) electrons. The van der Waals surface area contributed by atoms with E-state index in [-0.39, 0.29) is 11.3 Å². The molecule has 1 aliphatic heterocycles. The molecule has 4 nitrogen and oxygen atoms in total. The molecule has 0 saturated heterocycles. The van der Waals surface area contributed by atoms with Crippen LogP contribution in [0.2, 0.25) is 0 Å². The molecule has 3 aromatic carbocycles. The van der Waals surface area contributed by atoms with Gasteiger partial charge < -0.3 is 14.6 Å². The molecule has 4 heteroatoms. The molecule has 0 spiro atoms. The molecule has 0 aromatic heterocycles. The van der Waals surface area contributed by atoms with E-state index >= 15 is 0 Å². The first kappa shape index (κ1) is 11.8. The van der Waals surface area contributed by atoms with Crippen LogP contribution < -0.4 is 9.47 Å². The number of ether oxygens (including phenoxy) is 2. The molecule has 0 fully saturated rings. The summed E-state index contributed by atoms with van der Waals surface area (Å²) < 4.78 is 11.7. The number of para-hydroxylation sites is 2. The third kappa shape index (κ3) is 1.73. The van der Waals surface area contributed by atoms with E-state index < -0.39 is 5.97 Å². The lowest BCUT2D eigenvalue weighted by molar-refractivity contribution is 0.0693. The summed E-state index contributed by atoms with van der Waals surface area (Å²) in [5.74, 6) is 0.754. The second-order valence-electron chi connectivity index (χ2n) is 4.76. The Labute approximate surface area is 120 Å². The van der Waals surface area contributed by atoms with Crippen molar-refractivity contribution in [1.29, 1.82) is 0 Å². The van der Waals surface area contributed by atoms with E-state index in [0.717, 1.165) is 10.8 Å². The second-order valence-corrected chi connectivity index (χ2v) is 4.76. The zero-order valence-corrected chi connectivity index (χ0v) is 10.9. The van der Waals surface area contributed by atoms with Crippen LogP contribution in [0, 0.1) is 0 Å². The second kappa shape index (κ2) is 4.24. The predicted octanol–water partition coefficient (Wildman–Crippen LogP) is 4.44. The molecule has 0 unspecified atom stereocenters. The van der Waals surface area contributed by atoms with E-state index in [2.05, 4.69) is 0 Å². The lowest BCUT2D eigenvalue weighted by atomic mass is 10.0. The quantitative estimate of drug-likeness (QED) is 0.559. The van der Waals surface area contributed by atoms with Crippen molar-refractivity contribution in [2.45, 2.75) is 0 Å². The maximum atomic E-state index is 11.5. The van der Waals surface area contributed by atoms with E-state index in [1.54, 1.807) is 18.2 Å². The molecule has 0 bridgehead atoms. The predicted molar refractivity (Wildman–Crippen MR) is 77.5 cm³/mol. The van der Waals surface area contributed by atoms with Gasteiger partial charge in [0.05, 0.1) is 0 Å². The van der Waals surface area contributed by atoms with Crippen LogP contribution in [-0.2, 0) is 0 Å². The Morgan fingerprint density at radius 1 is 0.857 bits per heavy atom. The zero-order valence-electron chi connectivity index (χ0n) is 10.9. The van der Waals surface area contributed by atoms with Crippen molar-refractivity contribution in [3.05, 3.63) is 60.2 Å². The molecule has 4 rings (SSSR count). The maximum Gasteiger partial charge on any atom is 0.339 e. The molecule has 1 N–H and O–H groups in total. The lowest BCUT2D eigenvalue weighted by Crippen LogP contribution is -2.06. The summed E-state index contributed by atoms with van der Waals surface area (Å²) in [5.41, 5.74) is 0.0956. The molecule has 102 valence electrons. The van der Waals surface area contributed by atoms with Crippen molar-refractivity contribution in [3.8, 4) is 23.0 Å². The smallest absolute Gasteiger partial charge is 0.339 e. The Balaban J connectivity index is 2.05. The molecule has 1 heterocycles. The largest absolute Gasteiger partial charge is 0.478 e. The highest BCUT2D eigenvalue weighted by molar-refractivity contribution is 6.02. The molecule has 21 heavy (non-hydrogen) atoms. The number of aromatic carboxylic acids is 1. The number of benzene rings is 3. The Bertz CT molecular complexity index is 883. The van der Waals surface area contributed by atoms with Gasteiger partial charge >= 0.3 is 5.97 Å². The molecular weight excluding hydrogens is 268 g/mol. The minimum Gasteiger partial charge on any atom is -0.478 e. The van der Waals surface area contributed by atoms with Crippen molar-refractivity contribution in [3.63, 3.8) is 0 Å². The van der Waals surface area contributed by atoms with Gasteiger partial charge in [0.25, 0.3) is 0 Å². The zero-order chi connectivity index (χ0) is 14.4. The van der Waals surface area contributed by atoms with Crippen molar-refractivity contribution in [2.24, 2.45) is 0 Å². The fraction of sp³-hybridized carbons (Fsp3) is 0. The van der Waals surface area contributed by atoms with Gasteiger partial charge in [-0.3, -0.25) is 0 Å². The minimum atomic E-state index is -1.04. The van der Waals surface area contributed by atoms with Crippen molar-refractivity contribution in [1.82, 2.24) is 0 Å². The molecule has 0 atom stereocenters. The minimum absolute atomic E-state index is 0.0956. The number of carboxylic acids is 1. The van der Waals surface area contributed by atoms with Crippen molar-refractivity contribution < 1.29 is 19.4 Å². The third-order valence-corrected chi connectivity index (χ3v) is 3.46. The summed E-state index contributed by atoms with van der Waals surface area (Å²) in [6.07, 6.45) is 0. The number of carbonyl (C=O) groups is 1. The summed E-state index contributed by atoms with van der Waals surface area (Å²) in [4.78, 5) is 11.5. The number of hydrogen-bond acceptors (Lipinski definition) is 3. The van der Waals surface area contributed by atoms with Crippen LogP contribution in [-0.4, -0.2) is 11.1 Å². The van der Waals surface area contributed by atoms with Crippen molar-refractivity contribution in [2.75, 3.05) is 0 Å². The van der Waals surface area contributed by atoms with Crippen molar-refractivity contribution >= 4 is 16.7 Å². The average molecular weight is 278 g/mol. The van der Waals surface area contributed by atoms with Gasteiger partial charge in [-0.05, 0) is 23.6 Å². The standard InChI is InChI=1S/C17H10O4/c18-17(19)12-9-10-5-1-2-6-11(10)15-16(12)21-14-8-4-3-7-13(14)20-15/h1-9H,(H,18,19). The van der Waals surface area contributed by atoms with Gasteiger partial charge in [0, 0.05) is 5.39 Å². The van der Waals surface area contributed by atoms with Crippen LogP contribution >= 0.6 is 0 Å². The first-order chi connectivity index (χ1) is 10.2. The molecular formula is C17H10O4. The van der Waals surface area contributed by atoms with E-state index in [0.29, 0.717) is 17.2 Å². The Hall–Kier alpha value is -3.01. The maximum absolute atomic E-state index is 11.5. The molecule has 0 aliphatic carbocycles. The SMILES string of the molecule is O=C(O)c1cc2ccccc2c2c1Oc1ccccc1O2. The fourth-order valence-electron chi connectivity index (χ4n) is 2.50. The highest BCUT2D eigenvalue weighted by atomic mass is 16.6. The fourth-order valence-corrected chi connectivity index (χ4v) is 2.50.